The van der Waals surface area contributed by atoms with Crippen LogP contribution in [0.2, 0.25) is 0 Å². The van der Waals surface area contributed by atoms with Gasteiger partial charge in [0.05, 0.1) is 4.47 Å². The SMILES string of the molecule is Nc1ccc(F)cc1COc1c(F)cc(F)cc1Br. The van der Waals surface area contributed by atoms with Crippen LogP contribution in [0.25, 0.3) is 0 Å². The van der Waals surface area contributed by atoms with Crippen molar-refractivity contribution in [2.45, 2.75) is 6.61 Å². The molecule has 0 aliphatic rings. The predicted molar refractivity (Wildman–Crippen MR) is 69.2 cm³/mol. The maximum Gasteiger partial charge on any atom is 0.169 e. The van der Waals surface area contributed by atoms with Gasteiger partial charge < -0.3 is 10.5 Å². The molecule has 0 heterocycles. The predicted octanol–water partition coefficient (Wildman–Crippen LogP) is 4.03. The molecular formula is C13H9BrF3NO. The number of nitrogen functional groups attached to an aromatic ring is 1. The monoisotopic (exact) mass is 331 g/mol. The van der Waals surface area contributed by atoms with E-state index in [1.807, 2.05) is 0 Å². The molecule has 0 fully saturated rings. The molecule has 0 amide bonds. The summed E-state index contributed by atoms with van der Waals surface area (Å²) in [4.78, 5) is 0. The molecule has 0 aliphatic carbocycles. The van der Waals surface area contributed by atoms with Crippen LogP contribution in [0.15, 0.2) is 34.8 Å². The molecule has 0 saturated heterocycles. The van der Waals surface area contributed by atoms with Gasteiger partial charge in [-0.2, -0.15) is 0 Å². The van der Waals surface area contributed by atoms with Gasteiger partial charge in [0.25, 0.3) is 0 Å². The average Bonchev–Trinajstić information content (AvgIpc) is 2.32. The molecule has 0 unspecified atom stereocenters. The van der Waals surface area contributed by atoms with Crippen LogP contribution in [0.5, 0.6) is 5.75 Å². The summed E-state index contributed by atoms with van der Waals surface area (Å²) in [5.74, 6) is -2.18. The van der Waals surface area contributed by atoms with Crippen molar-refractivity contribution in [2.24, 2.45) is 0 Å². The number of rotatable bonds is 3. The summed E-state index contributed by atoms with van der Waals surface area (Å²) in [5.41, 5.74) is 6.36. The molecule has 0 spiro atoms. The van der Waals surface area contributed by atoms with Crippen LogP contribution in [0, 0.1) is 17.5 Å². The molecular weight excluding hydrogens is 323 g/mol. The second kappa shape index (κ2) is 5.52. The Bertz CT molecular complexity index is 596. The van der Waals surface area contributed by atoms with Crippen molar-refractivity contribution in [3.05, 3.63) is 57.8 Å². The number of nitrogens with two attached hydrogens (primary N) is 1. The zero-order valence-electron chi connectivity index (χ0n) is 9.59. The highest BCUT2D eigenvalue weighted by Crippen LogP contribution is 2.30. The maximum absolute atomic E-state index is 13.5. The lowest BCUT2D eigenvalue weighted by molar-refractivity contribution is 0.287. The first-order valence-electron chi connectivity index (χ1n) is 5.28. The molecule has 0 bridgehead atoms. The second-order valence-electron chi connectivity index (χ2n) is 3.83. The minimum Gasteiger partial charge on any atom is -0.485 e. The van der Waals surface area contributed by atoms with Crippen molar-refractivity contribution < 1.29 is 17.9 Å². The lowest BCUT2D eigenvalue weighted by atomic mass is 10.2. The molecule has 2 nitrogen and oxygen atoms in total. The number of hydrogen-bond acceptors (Lipinski definition) is 2. The Hall–Kier alpha value is -1.69. The topological polar surface area (TPSA) is 35.2 Å². The van der Waals surface area contributed by atoms with E-state index in [2.05, 4.69) is 15.9 Å². The van der Waals surface area contributed by atoms with Crippen molar-refractivity contribution in [3.8, 4) is 5.75 Å². The highest BCUT2D eigenvalue weighted by molar-refractivity contribution is 9.10. The van der Waals surface area contributed by atoms with Gasteiger partial charge in [0, 0.05) is 17.3 Å². The minimum atomic E-state index is -0.846. The van der Waals surface area contributed by atoms with Crippen LogP contribution in [0.3, 0.4) is 0 Å². The third-order valence-corrected chi connectivity index (χ3v) is 3.03. The summed E-state index contributed by atoms with van der Waals surface area (Å²) in [6, 6.07) is 5.59. The number of ether oxygens (including phenoxy) is 1. The van der Waals surface area contributed by atoms with Gasteiger partial charge in [0.1, 0.15) is 18.2 Å². The molecule has 2 rings (SSSR count). The third kappa shape index (κ3) is 3.20. The van der Waals surface area contributed by atoms with Gasteiger partial charge in [-0.15, -0.1) is 0 Å². The molecule has 2 N–H and O–H groups in total. The molecule has 0 saturated carbocycles. The summed E-state index contributed by atoms with van der Waals surface area (Å²) in [5, 5.41) is 0. The highest BCUT2D eigenvalue weighted by atomic mass is 79.9. The molecule has 0 radical (unpaired) electrons. The van der Waals surface area contributed by atoms with Crippen molar-refractivity contribution >= 4 is 21.6 Å². The summed E-state index contributed by atoms with van der Waals surface area (Å²) in [6.45, 7) is -0.120. The summed E-state index contributed by atoms with van der Waals surface area (Å²) < 4.78 is 44.8. The van der Waals surface area contributed by atoms with Gasteiger partial charge in [-0.3, -0.25) is 0 Å². The zero-order chi connectivity index (χ0) is 14.0. The summed E-state index contributed by atoms with van der Waals surface area (Å²) in [6.07, 6.45) is 0. The molecule has 19 heavy (non-hydrogen) atoms. The normalized spacial score (nSPS) is 10.5. The van der Waals surface area contributed by atoms with Gasteiger partial charge in [-0.25, -0.2) is 13.2 Å². The fourth-order valence-corrected chi connectivity index (χ4v) is 2.04. The standard InChI is InChI=1S/C13H9BrF3NO/c14-10-4-9(16)5-11(17)13(10)19-6-7-3-8(15)1-2-12(7)18/h1-5H,6,18H2. The van der Waals surface area contributed by atoms with E-state index in [-0.39, 0.29) is 16.8 Å². The largest absolute Gasteiger partial charge is 0.485 e. The summed E-state index contributed by atoms with van der Waals surface area (Å²) in [7, 11) is 0. The van der Waals surface area contributed by atoms with Crippen molar-refractivity contribution in [2.75, 3.05) is 5.73 Å². The van der Waals surface area contributed by atoms with E-state index in [1.165, 1.54) is 18.2 Å². The lowest BCUT2D eigenvalue weighted by Crippen LogP contribution is -2.03. The van der Waals surface area contributed by atoms with E-state index in [4.69, 9.17) is 10.5 Å². The van der Waals surface area contributed by atoms with Crippen LogP contribution in [-0.2, 0) is 6.61 Å². The van der Waals surface area contributed by atoms with Gasteiger partial charge in [0.15, 0.2) is 11.6 Å². The average molecular weight is 332 g/mol. The van der Waals surface area contributed by atoms with Gasteiger partial charge in [0.2, 0.25) is 0 Å². The van der Waals surface area contributed by atoms with E-state index < -0.39 is 17.5 Å². The molecule has 6 heteroatoms. The van der Waals surface area contributed by atoms with Crippen LogP contribution in [-0.4, -0.2) is 0 Å². The first-order chi connectivity index (χ1) is 8.97. The zero-order valence-corrected chi connectivity index (χ0v) is 11.2. The fourth-order valence-electron chi connectivity index (χ4n) is 1.52. The Morgan fingerprint density at radius 1 is 1.05 bits per heavy atom. The first-order valence-corrected chi connectivity index (χ1v) is 6.08. The molecule has 2 aromatic carbocycles. The lowest BCUT2D eigenvalue weighted by Gasteiger charge is -2.11. The van der Waals surface area contributed by atoms with Gasteiger partial charge >= 0.3 is 0 Å². The van der Waals surface area contributed by atoms with Crippen molar-refractivity contribution in [1.29, 1.82) is 0 Å². The van der Waals surface area contributed by atoms with E-state index in [1.54, 1.807) is 0 Å². The smallest absolute Gasteiger partial charge is 0.169 e. The Morgan fingerprint density at radius 3 is 2.47 bits per heavy atom. The minimum absolute atomic E-state index is 0.120. The van der Waals surface area contributed by atoms with E-state index in [9.17, 15) is 13.2 Å². The van der Waals surface area contributed by atoms with E-state index >= 15 is 0 Å². The third-order valence-electron chi connectivity index (χ3n) is 2.44. The Labute approximate surface area is 116 Å². The highest BCUT2D eigenvalue weighted by Gasteiger charge is 2.12. The quantitative estimate of drug-likeness (QED) is 0.862. The maximum atomic E-state index is 13.5. The first kappa shape index (κ1) is 13.7. The van der Waals surface area contributed by atoms with Gasteiger partial charge in [-0.1, -0.05) is 0 Å². The summed E-state index contributed by atoms with van der Waals surface area (Å²) >= 11 is 2.99. The fraction of sp³-hybridized carbons (Fsp3) is 0.0769. The molecule has 0 aromatic heterocycles. The van der Waals surface area contributed by atoms with Crippen LogP contribution < -0.4 is 10.5 Å². The number of hydrogen-bond donors (Lipinski definition) is 1. The van der Waals surface area contributed by atoms with E-state index in [0.29, 0.717) is 17.3 Å². The number of halogens is 4. The second-order valence-corrected chi connectivity index (χ2v) is 4.68. The Balaban J connectivity index is 2.21. The molecule has 0 aliphatic heterocycles. The van der Waals surface area contributed by atoms with Crippen LogP contribution in [0.4, 0.5) is 18.9 Å². The van der Waals surface area contributed by atoms with Gasteiger partial charge in [-0.05, 0) is 40.2 Å². The number of anilines is 1. The van der Waals surface area contributed by atoms with Crippen LogP contribution >= 0.6 is 15.9 Å². The number of benzene rings is 2. The molecule has 100 valence electrons. The molecule has 2 aromatic rings. The van der Waals surface area contributed by atoms with E-state index in [0.717, 1.165) is 6.07 Å². The Morgan fingerprint density at radius 2 is 1.79 bits per heavy atom. The molecule has 0 atom stereocenters. The van der Waals surface area contributed by atoms with Crippen molar-refractivity contribution in [3.63, 3.8) is 0 Å². The van der Waals surface area contributed by atoms with Crippen molar-refractivity contribution in [1.82, 2.24) is 0 Å². The Kier molecular flexibility index (Phi) is 3.99. The van der Waals surface area contributed by atoms with Crippen LogP contribution in [0.1, 0.15) is 5.56 Å².